The molecule has 0 amide bonds. The lowest BCUT2D eigenvalue weighted by Gasteiger charge is -2.20. The molecule has 0 aromatic heterocycles. The van der Waals surface area contributed by atoms with E-state index < -0.39 is 0 Å². The van der Waals surface area contributed by atoms with Crippen LogP contribution in [0.4, 0.5) is 5.69 Å². The molecule has 0 aliphatic rings. The summed E-state index contributed by atoms with van der Waals surface area (Å²) < 4.78 is 0. The number of aryl methyl sites for hydroxylation is 2. The highest BCUT2D eigenvalue weighted by atomic mass is 16.1. The summed E-state index contributed by atoms with van der Waals surface area (Å²) in [6, 6.07) is 6.36. The Bertz CT molecular complexity index is 362. The van der Waals surface area contributed by atoms with E-state index in [1.807, 2.05) is 25.8 Å². The normalized spacial score (nSPS) is 10.6. The number of benzene rings is 1. The fraction of sp³-hybridized carbons (Fsp3) is 0.500. The van der Waals surface area contributed by atoms with Gasteiger partial charge in [-0.25, -0.2) is 0 Å². The first-order valence-corrected chi connectivity index (χ1v) is 5.72. The lowest BCUT2D eigenvalue weighted by Crippen LogP contribution is -2.28. The second-order valence-electron chi connectivity index (χ2n) is 4.82. The molecule has 1 aromatic rings. The van der Waals surface area contributed by atoms with E-state index in [1.165, 1.54) is 11.1 Å². The average molecular weight is 219 g/mol. The third-order valence-electron chi connectivity index (χ3n) is 2.68. The van der Waals surface area contributed by atoms with Gasteiger partial charge < -0.3 is 4.90 Å². The van der Waals surface area contributed by atoms with Crippen LogP contribution in [-0.4, -0.2) is 19.4 Å². The van der Waals surface area contributed by atoms with Gasteiger partial charge in [0.2, 0.25) is 0 Å². The summed E-state index contributed by atoms with van der Waals surface area (Å²) in [6.07, 6.45) is 0. The first-order chi connectivity index (χ1) is 7.40. The van der Waals surface area contributed by atoms with E-state index >= 15 is 0 Å². The van der Waals surface area contributed by atoms with E-state index in [0.717, 1.165) is 5.69 Å². The fourth-order valence-corrected chi connectivity index (χ4v) is 1.68. The van der Waals surface area contributed by atoms with Crippen LogP contribution in [0.25, 0.3) is 0 Å². The zero-order valence-electron chi connectivity index (χ0n) is 10.9. The van der Waals surface area contributed by atoms with Crippen LogP contribution in [0.5, 0.6) is 0 Å². The molecule has 1 rings (SSSR count). The smallest absolute Gasteiger partial charge is 0.154 e. The molecule has 0 radical (unpaired) electrons. The maximum absolute atomic E-state index is 11.7. The van der Waals surface area contributed by atoms with Gasteiger partial charge in [0.05, 0.1) is 6.54 Å². The Morgan fingerprint density at radius 1 is 1.19 bits per heavy atom. The number of ketones is 1. The number of hydrogen-bond donors (Lipinski definition) is 0. The van der Waals surface area contributed by atoms with Crippen molar-refractivity contribution in [3.63, 3.8) is 0 Å². The molecule has 88 valence electrons. The minimum Gasteiger partial charge on any atom is -0.367 e. The molecule has 1 aromatic carbocycles. The van der Waals surface area contributed by atoms with Crippen molar-refractivity contribution in [3.05, 3.63) is 29.3 Å². The molecule has 16 heavy (non-hydrogen) atoms. The molecule has 0 N–H and O–H groups in total. The van der Waals surface area contributed by atoms with Crippen LogP contribution < -0.4 is 4.90 Å². The Balaban J connectivity index is 2.80. The Morgan fingerprint density at radius 2 is 1.69 bits per heavy atom. The molecule has 0 bridgehead atoms. The lowest BCUT2D eigenvalue weighted by molar-refractivity contribution is -0.120. The summed E-state index contributed by atoms with van der Waals surface area (Å²) in [5.74, 6) is 0.384. The maximum atomic E-state index is 11.7. The number of likely N-dealkylation sites (N-methyl/N-ethyl adjacent to an activating group) is 1. The Morgan fingerprint density at radius 3 is 2.12 bits per heavy atom. The van der Waals surface area contributed by atoms with Crippen LogP contribution in [0.3, 0.4) is 0 Å². The van der Waals surface area contributed by atoms with Crippen LogP contribution in [0.2, 0.25) is 0 Å². The molecule has 0 fully saturated rings. The second-order valence-corrected chi connectivity index (χ2v) is 4.82. The fourth-order valence-electron chi connectivity index (χ4n) is 1.68. The monoisotopic (exact) mass is 219 g/mol. The standard InChI is InChI=1S/C14H21NO/c1-10(2)14(16)9-15(5)13-7-11(3)6-12(4)8-13/h6-8,10H,9H2,1-5H3. The number of carbonyl (C=O) groups is 1. The van der Waals surface area contributed by atoms with Crippen molar-refractivity contribution >= 4 is 11.5 Å². The van der Waals surface area contributed by atoms with Crippen molar-refractivity contribution in [3.8, 4) is 0 Å². The van der Waals surface area contributed by atoms with E-state index in [1.54, 1.807) is 0 Å². The quantitative estimate of drug-likeness (QED) is 0.776. The molecule has 0 heterocycles. The number of hydrogen-bond acceptors (Lipinski definition) is 2. The van der Waals surface area contributed by atoms with Gasteiger partial charge >= 0.3 is 0 Å². The molecule has 0 aliphatic carbocycles. The van der Waals surface area contributed by atoms with Gasteiger partial charge in [0.15, 0.2) is 5.78 Å². The SMILES string of the molecule is Cc1cc(C)cc(N(C)CC(=O)C(C)C)c1. The summed E-state index contributed by atoms with van der Waals surface area (Å²) in [6.45, 7) is 8.53. The van der Waals surface area contributed by atoms with Crippen molar-refractivity contribution < 1.29 is 4.79 Å². The summed E-state index contributed by atoms with van der Waals surface area (Å²) in [5.41, 5.74) is 3.59. The van der Waals surface area contributed by atoms with Crippen LogP contribution in [0.15, 0.2) is 18.2 Å². The van der Waals surface area contributed by atoms with Crippen LogP contribution in [0, 0.1) is 19.8 Å². The zero-order valence-corrected chi connectivity index (χ0v) is 10.9. The number of anilines is 1. The van der Waals surface area contributed by atoms with E-state index in [9.17, 15) is 4.79 Å². The van der Waals surface area contributed by atoms with Crippen LogP contribution in [-0.2, 0) is 4.79 Å². The average Bonchev–Trinajstić information content (AvgIpc) is 2.15. The summed E-state index contributed by atoms with van der Waals surface area (Å²) in [4.78, 5) is 13.7. The van der Waals surface area contributed by atoms with Gasteiger partial charge in [0, 0.05) is 18.7 Å². The topological polar surface area (TPSA) is 20.3 Å². The summed E-state index contributed by atoms with van der Waals surface area (Å²) >= 11 is 0. The van der Waals surface area contributed by atoms with Crippen LogP contribution >= 0.6 is 0 Å². The summed E-state index contributed by atoms with van der Waals surface area (Å²) in [7, 11) is 1.97. The van der Waals surface area contributed by atoms with Crippen molar-refractivity contribution in [1.82, 2.24) is 0 Å². The van der Waals surface area contributed by atoms with E-state index in [2.05, 4.69) is 32.0 Å². The third-order valence-corrected chi connectivity index (χ3v) is 2.68. The molecular weight excluding hydrogens is 198 g/mol. The van der Waals surface area contributed by atoms with Gasteiger partial charge in [-0.3, -0.25) is 4.79 Å². The highest BCUT2D eigenvalue weighted by molar-refractivity contribution is 5.85. The number of nitrogens with zero attached hydrogens (tertiary/aromatic N) is 1. The van der Waals surface area contributed by atoms with Gasteiger partial charge in [0.25, 0.3) is 0 Å². The van der Waals surface area contributed by atoms with Crippen molar-refractivity contribution in [2.45, 2.75) is 27.7 Å². The van der Waals surface area contributed by atoms with Crippen LogP contribution in [0.1, 0.15) is 25.0 Å². The molecule has 2 heteroatoms. The Hall–Kier alpha value is -1.31. The van der Waals surface area contributed by atoms with Gasteiger partial charge in [-0.15, -0.1) is 0 Å². The summed E-state index contributed by atoms with van der Waals surface area (Å²) in [5, 5.41) is 0. The molecule has 0 unspecified atom stereocenters. The number of carbonyl (C=O) groups excluding carboxylic acids is 1. The zero-order chi connectivity index (χ0) is 12.3. The van der Waals surface area contributed by atoms with E-state index in [0.29, 0.717) is 6.54 Å². The predicted octanol–water partition coefficient (Wildman–Crippen LogP) is 2.96. The lowest BCUT2D eigenvalue weighted by atomic mass is 10.1. The van der Waals surface area contributed by atoms with Crippen molar-refractivity contribution in [2.24, 2.45) is 5.92 Å². The number of Topliss-reactive ketones (excluding diaryl/α,β-unsaturated/α-hetero) is 1. The van der Waals surface area contributed by atoms with Crippen molar-refractivity contribution in [1.29, 1.82) is 0 Å². The van der Waals surface area contributed by atoms with Gasteiger partial charge in [-0.05, 0) is 37.1 Å². The van der Waals surface area contributed by atoms with Gasteiger partial charge in [0.1, 0.15) is 0 Å². The highest BCUT2D eigenvalue weighted by Crippen LogP contribution is 2.17. The van der Waals surface area contributed by atoms with E-state index in [4.69, 9.17) is 0 Å². The number of rotatable bonds is 4. The third kappa shape index (κ3) is 3.37. The molecule has 0 spiro atoms. The molecule has 0 atom stereocenters. The molecule has 0 saturated heterocycles. The minimum atomic E-state index is 0.105. The Kier molecular flexibility index (Phi) is 4.11. The second kappa shape index (κ2) is 5.15. The maximum Gasteiger partial charge on any atom is 0.154 e. The first kappa shape index (κ1) is 12.8. The molecule has 0 saturated carbocycles. The molecular formula is C14H21NO. The highest BCUT2D eigenvalue weighted by Gasteiger charge is 2.11. The van der Waals surface area contributed by atoms with Crippen molar-refractivity contribution in [2.75, 3.05) is 18.5 Å². The first-order valence-electron chi connectivity index (χ1n) is 5.72. The Labute approximate surface area is 98.3 Å². The van der Waals surface area contributed by atoms with Gasteiger partial charge in [-0.2, -0.15) is 0 Å². The molecule has 2 nitrogen and oxygen atoms in total. The van der Waals surface area contributed by atoms with Gasteiger partial charge in [-0.1, -0.05) is 19.9 Å². The minimum absolute atomic E-state index is 0.105. The van der Waals surface area contributed by atoms with E-state index in [-0.39, 0.29) is 11.7 Å². The predicted molar refractivity (Wildman–Crippen MR) is 69.0 cm³/mol. The molecule has 0 aliphatic heterocycles. The largest absolute Gasteiger partial charge is 0.367 e.